The minimum atomic E-state index is 0.406. The average molecular weight is 175 g/mol. The van der Waals surface area contributed by atoms with E-state index in [9.17, 15) is 0 Å². The summed E-state index contributed by atoms with van der Waals surface area (Å²) in [5.74, 6) is 1.87. The molecule has 0 saturated heterocycles. The predicted molar refractivity (Wildman–Crippen MR) is 48.3 cm³/mol. The minimum absolute atomic E-state index is 0.406. The van der Waals surface area contributed by atoms with Gasteiger partial charge in [-0.2, -0.15) is 0 Å². The Balaban J connectivity index is 2.59. The number of aromatic nitrogens is 4. The molecule has 2 N–H and O–H groups in total. The predicted octanol–water partition coefficient (Wildman–Crippen LogP) is 0.553. The van der Waals surface area contributed by atoms with Crippen molar-refractivity contribution in [2.75, 3.05) is 5.73 Å². The molecule has 2 aromatic heterocycles. The molecule has 0 bridgehead atoms. The molecule has 0 spiro atoms. The summed E-state index contributed by atoms with van der Waals surface area (Å²) < 4.78 is 1.79. The van der Waals surface area contributed by atoms with E-state index >= 15 is 0 Å². The molecule has 0 aliphatic rings. The van der Waals surface area contributed by atoms with Crippen molar-refractivity contribution < 1.29 is 0 Å². The maximum Gasteiger partial charge on any atom is 0.181 e. The molecule has 0 saturated carbocycles. The van der Waals surface area contributed by atoms with Crippen LogP contribution in [-0.4, -0.2) is 19.5 Å². The van der Waals surface area contributed by atoms with Gasteiger partial charge < -0.3 is 5.73 Å². The molecular formula is C8H9N5. The molecule has 5 nitrogen and oxygen atoms in total. The second-order valence-electron chi connectivity index (χ2n) is 2.61. The standard InChI is InChI=1S/C8H9N5/c1-6-10-4-5-13(6)8-7(9)11-2-3-12-8/h2-5H,1H3,(H2,9,11). The first kappa shape index (κ1) is 7.72. The highest BCUT2D eigenvalue weighted by Crippen LogP contribution is 2.11. The Bertz CT molecular complexity index is 420. The molecule has 0 aliphatic heterocycles. The Morgan fingerprint density at radius 2 is 1.92 bits per heavy atom. The largest absolute Gasteiger partial charge is 0.381 e. The van der Waals surface area contributed by atoms with Gasteiger partial charge in [0.25, 0.3) is 0 Å². The highest BCUT2D eigenvalue weighted by atomic mass is 15.1. The van der Waals surface area contributed by atoms with Crippen LogP contribution in [0.3, 0.4) is 0 Å². The Kier molecular flexibility index (Phi) is 1.70. The first-order valence-electron chi connectivity index (χ1n) is 3.86. The first-order valence-corrected chi connectivity index (χ1v) is 3.86. The topological polar surface area (TPSA) is 69.6 Å². The van der Waals surface area contributed by atoms with Crippen molar-refractivity contribution in [3.8, 4) is 5.82 Å². The number of anilines is 1. The Morgan fingerprint density at radius 3 is 2.54 bits per heavy atom. The molecule has 0 aliphatic carbocycles. The van der Waals surface area contributed by atoms with Crippen molar-refractivity contribution in [2.24, 2.45) is 0 Å². The monoisotopic (exact) mass is 175 g/mol. The lowest BCUT2D eigenvalue weighted by Gasteiger charge is -2.04. The van der Waals surface area contributed by atoms with Gasteiger partial charge in [0.15, 0.2) is 11.6 Å². The molecule has 66 valence electrons. The van der Waals surface area contributed by atoms with E-state index in [-0.39, 0.29) is 0 Å². The normalized spacial score (nSPS) is 10.2. The number of nitrogens with zero attached hydrogens (tertiary/aromatic N) is 4. The number of hydrogen-bond acceptors (Lipinski definition) is 4. The fourth-order valence-electron chi connectivity index (χ4n) is 1.13. The van der Waals surface area contributed by atoms with Crippen molar-refractivity contribution in [3.05, 3.63) is 30.6 Å². The molecule has 2 heterocycles. The summed E-state index contributed by atoms with van der Waals surface area (Å²) >= 11 is 0. The summed E-state index contributed by atoms with van der Waals surface area (Å²) in [6.45, 7) is 1.88. The number of rotatable bonds is 1. The van der Waals surface area contributed by atoms with Crippen LogP contribution in [0.1, 0.15) is 5.82 Å². The van der Waals surface area contributed by atoms with Crippen molar-refractivity contribution in [2.45, 2.75) is 6.92 Å². The van der Waals surface area contributed by atoms with E-state index in [0.717, 1.165) is 5.82 Å². The number of nitrogen functional groups attached to an aromatic ring is 1. The van der Waals surface area contributed by atoms with Crippen molar-refractivity contribution in [3.63, 3.8) is 0 Å². The van der Waals surface area contributed by atoms with E-state index in [2.05, 4.69) is 15.0 Å². The SMILES string of the molecule is Cc1nccn1-c1nccnc1N. The van der Waals surface area contributed by atoms with Crippen LogP contribution < -0.4 is 5.73 Å². The molecule has 0 fully saturated rings. The smallest absolute Gasteiger partial charge is 0.181 e. The summed E-state index contributed by atoms with van der Waals surface area (Å²) in [6, 6.07) is 0. The molecule has 13 heavy (non-hydrogen) atoms. The van der Waals surface area contributed by atoms with Crippen molar-refractivity contribution in [1.82, 2.24) is 19.5 Å². The number of hydrogen-bond donors (Lipinski definition) is 1. The Hall–Kier alpha value is -1.91. The van der Waals surface area contributed by atoms with Gasteiger partial charge >= 0.3 is 0 Å². The van der Waals surface area contributed by atoms with Gasteiger partial charge in [-0.15, -0.1) is 0 Å². The van der Waals surface area contributed by atoms with E-state index in [1.54, 1.807) is 29.4 Å². The molecule has 0 atom stereocenters. The summed E-state index contributed by atoms with van der Waals surface area (Å²) in [5, 5.41) is 0. The van der Waals surface area contributed by atoms with Crippen LogP contribution in [-0.2, 0) is 0 Å². The van der Waals surface area contributed by atoms with E-state index in [1.165, 1.54) is 0 Å². The second kappa shape index (κ2) is 2.85. The zero-order chi connectivity index (χ0) is 9.26. The molecule has 0 aromatic carbocycles. The molecule has 5 heteroatoms. The van der Waals surface area contributed by atoms with Crippen molar-refractivity contribution >= 4 is 5.82 Å². The van der Waals surface area contributed by atoms with Crippen LogP contribution in [0, 0.1) is 6.92 Å². The Labute approximate surface area is 75.3 Å². The number of nitrogens with two attached hydrogens (primary N) is 1. The fourth-order valence-corrected chi connectivity index (χ4v) is 1.13. The van der Waals surface area contributed by atoms with Gasteiger partial charge in [-0.1, -0.05) is 0 Å². The number of aryl methyl sites for hydroxylation is 1. The lowest BCUT2D eigenvalue weighted by Crippen LogP contribution is -2.04. The van der Waals surface area contributed by atoms with Crippen LogP contribution in [0.5, 0.6) is 0 Å². The third-order valence-corrected chi connectivity index (χ3v) is 1.76. The summed E-state index contributed by atoms with van der Waals surface area (Å²) in [7, 11) is 0. The van der Waals surface area contributed by atoms with Crippen LogP contribution in [0.25, 0.3) is 5.82 Å². The van der Waals surface area contributed by atoms with Gasteiger partial charge in [-0.05, 0) is 6.92 Å². The Morgan fingerprint density at radius 1 is 1.15 bits per heavy atom. The number of imidazole rings is 1. The van der Waals surface area contributed by atoms with Crippen molar-refractivity contribution in [1.29, 1.82) is 0 Å². The third-order valence-electron chi connectivity index (χ3n) is 1.76. The molecule has 2 aromatic rings. The minimum Gasteiger partial charge on any atom is -0.381 e. The van der Waals surface area contributed by atoms with Gasteiger partial charge in [0.1, 0.15) is 5.82 Å². The van der Waals surface area contributed by atoms with Gasteiger partial charge in [0, 0.05) is 24.8 Å². The van der Waals surface area contributed by atoms with Gasteiger partial charge in [0.05, 0.1) is 0 Å². The average Bonchev–Trinajstić information content (AvgIpc) is 2.52. The van der Waals surface area contributed by atoms with Crippen LogP contribution in [0.4, 0.5) is 5.82 Å². The highest BCUT2D eigenvalue weighted by molar-refractivity contribution is 5.46. The highest BCUT2D eigenvalue weighted by Gasteiger charge is 2.05. The lowest BCUT2D eigenvalue weighted by atomic mass is 10.5. The van der Waals surface area contributed by atoms with Gasteiger partial charge in [0.2, 0.25) is 0 Å². The van der Waals surface area contributed by atoms with E-state index in [1.807, 2.05) is 6.92 Å². The second-order valence-corrected chi connectivity index (χ2v) is 2.61. The quantitative estimate of drug-likeness (QED) is 0.687. The van der Waals surface area contributed by atoms with E-state index < -0.39 is 0 Å². The maximum absolute atomic E-state index is 5.66. The molecule has 2 rings (SSSR count). The molecule has 0 amide bonds. The molecular weight excluding hydrogens is 166 g/mol. The fraction of sp³-hybridized carbons (Fsp3) is 0.125. The summed E-state index contributed by atoms with van der Waals surface area (Å²) in [6.07, 6.45) is 6.66. The lowest BCUT2D eigenvalue weighted by molar-refractivity contribution is 0.924. The first-order chi connectivity index (χ1) is 6.29. The van der Waals surface area contributed by atoms with Gasteiger partial charge in [-0.3, -0.25) is 4.57 Å². The maximum atomic E-state index is 5.66. The summed E-state index contributed by atoms with van der Waals surface area (Å²) in [5.41, 5.74) is 5.66. The van der Waals surface area contributed by atoms with Crippen LogP contribution in [0.2, 0.25) is 0 Å². The summed E-state index contributed by atoms with van der Waals surface area (Å²) in [4.78, 5) is 12.1. The van der Waals surface area contributed by atoms with Crippen LogP contribution in [0.15, 0.2) is 24.8 Å². The van der Waals surface area contributed by atoms with E-state index in [0.29, 0.717) is 11.6 Å². The third kappa shape index (κ3) is 1.24. The molecule has 0 unspecified atom stereocenters. The molecule has 0 radical (unpaired) electrons. The van der Waals surface area contributed by atoms with Gasteiger partial charge in [-0.25, -0.2) is 15.0 Å². The van der Waals surface area contributed by atoms with Crippen LogP contribution >= 0.6 is 0 Å². The zero-order valence-electron chi connectivity index (χ0n) is 7.18. The van der Waals surface area contributed by atoms with E-state index in [4.69, 9.17) is 5.73 Å². The zero-order valence-corrected chi connectivity index (χ0v) is 7.18.